The van der Waals surface area contributed by atoms with Gasteiger partial charge in [0.2, 0.25) is 0 Å². The fraction of sp³-hybridized carbons (Fsp3) is 0.500. The van der Waals surface area contributed by atoms with Gasteiger partial charge in [0.05, 0.1) is 18.4 Å². The quantitative estimate of drug-likeness (QED) is 0.851. The first-order chi connectivity index (χ1) is 8.54. The standard InChI is InChI=1S/C12H14F3NOS/c13-12(14,15)8-18-11-4-2-1-3-10(11)16-9-5-6-17-7-9/h1-4,9,16H,5-8H2. The maximum Gasteiger partial charge on any atom is 0.398 e. The number of benzene rings is 1. The normalized spacial score (nSPS) is 20.1. The van der Waals surface area contributed by atoms with Crippen molar-refractivity contribution in [2.75, 3.05) is 24.3 Å². The summed E-state index contributed by atoms with van der Waals surface area (Å²) in [5, 5.41) is 3.23. The second-order valence-electron chi connectivity index (χ2n) is 4.10. The Bertz CT molecular complexity index is 391. The van der Waals surface area contributed by atoms with Crippen molar-refractivity contribution in [2.45, 2.75) is 23.5 Å². The van der Waals surface area contributed by atoms with E-state index >= 15 is 0 Å². The summed E-state index contributed by atoms with van der Waals surface area (Å²) in [6.07, 6.45) is -3.26. The Morgan fingerprint density at radius 3 is 2.78 bits per heavy atom. The highest BCUT2D eigenvalue weighted by Crippen LogP contribution is 2.32. The number of hydrogen-bond donors (Lipinski definition) is 1. The highest BCUT2D eigenvalue weighted by atomic mass is 32.2. The lowest BCUT2D eigenvalue weighted by molar-refractivity contribution is -0.105. The van der Waals surface area contributed by atoms with Gasteiger partial charge in [-0.1, -0.05) is 12.1 Å². The summed E-state index contributed by atoms with van der Waals surface area (Å²) in [5.74, 6) is -0.868. The molecular formula is C12H14F3NOS. The fourth-order valence-electron chi connectivity index (χ4n) is 1.74. The van der Waals surface area contributed by atoms with Crippen LogP contribution in [0.5, 0.6) is 0 Å². The Balaban J connectivity index is 2.00. The third kappa shape index (κ3) is 4.10. The van der Waals surface area contributed by atoms with Gasteiger partial charge in [-0.25, -0.2) is 0 Å². The third-order valence-corrected chi connectivity index (χ3v) is 3.71. The van der Waals surface area contributed by atoms with E-state index in [9.17, 15) is 13.2 Å². The summed E-state index contributed by atoms with van der Waals surface area (Å²) >= 11 is 0.809. The number of para-hydroxylation sites is 1. The minimum absolute atomic E-state index is 0.192. The summed E-state index contributed by atoms with van der Waals surface area (Å²) in [6, 6.07) is 7.26. The van der Waals surface area contributed by atoms with E-state index < -0.39 is 11.9 Å². The van der Waals surface area contributed by atoms with Gasteiger partial charge in [0.15, 0.2) is 0 Å². The van der Waals surface area contributed by atoms with Crippen LogP contribution >= 0.6 is 11.8 Å². The number of hydrogen-bond acceptors (Lipinski definition) is 3. The number of nitrogens with one attached hydrogen (secondary N) is 1. The predicted octanol–water partition coefficient (Wildman–Crippen LogP) is 3.54. The molecule has 1 unspecified atom stereocenters. The van der Waals surface area contributed by atoms with Crippen molar-refractivity contribution >= 4 is 17.4 Å². The second-order valence-corrected chi connectivity index (χ2v) is 5.12. The highest BCUT2D eigenvalue weighted by molar-refractivity contribution is 7.99. The van der Waals surface area contributed by atoms with Crippen LogP contribution in [0.4, 0.5) is 18.9 Å². The van der Waals surface area contributed by atoms with Crippen molar-refractivity contribution in [3.63, 3.8) is 0 Å². The van der Waals surface area contributed by atoms with Crippen LogP contribution in [-0.2, 0) is 4.74 Å². The molecule has 1 saturated heterocycles. The number of halogens is 3. The zero-order valence-electron chi connectivity index (χ0n) is 9.67. The van der Waals surface area contributed by atoms with E-state index in [-0.39, 0.29) is 6.04 Å². The van der Waals surface area contributed by atoms with Gasteiger partial charge < -0.3 is 10.1 Å². The van der Waals surface area contributed by atoms with Crippen molar-refractivity contribution < 1.29 is 17.9 Å². The predicted molar refractivity (Wildman–Crippen MR) is 66.1 cm³/mol. The molecule has 0 aliphatic carbocycles. The first-order valence-electron chi connectivity index (χ1n) is 5.67. The molecule has 1 N–H and O–H groups in total. The van der Waals surface area contributed by atoms with Gasteiger partial charge in [0.25, 0.3) is 0 Å². The molecule has 6 heteroatoms. The van der Waals surface area contributed by atoms with E-state index in [0.717, 1.165) is 23.9 Å². The molecule has 2 rings (SSSR count). The molecule has 1 aromatic rings. The molecule has 18 heavy (non-hydrogen) atoms. The molecule has 0 amide bonds. The van der Waals surface area contributed by atoms with Crippen LogP contribution in [0.2, 0.25) is 0 Å². The summed E-state index contributed by atoms with van der Waals surface area (Å²) in [6.45, 7) is 1.31. The molecule has 1 heterocycles. The average molecular weight is 277 g/mol. The van der Waals surface area contributed by atoms with Gasteiger partial charge in [0, 0.05) is 17.2 Å². The number of thioether (sulfide) groups is 1. The minimum atomic E-state index is -4.14. The van der Waals surface area contributed by atoms with Crippen molar-refractivity contribution in [1.82, 2.24) is 0 Å². The smallest absolute Gasteiger partial charge is 0.379 e. The van der Waals surface area contributed by atoms with Crippen LogP contribution in [0.1, 0.15) is 6.42 Å². The number of ether oxygens (including phenoxy) is 1. The first-order valence-corrected chi connectivity index (χ1v) is 6.66. The van der Waals surface area contributed by atoms with Crippen molar-refractivity contribution in [3.8, 4) is 0 Å². The monoisotopic (exact) mass is 277 g/mol. The van der Waals surface area contributed by atoms with E-state index in [1.54, 1.807) is 18.2 Å². The molecule has 0 radical (unpaired) electrons. The van der Waals surface area contributed by atoms with E-state index in [0.29, 0.717) is 18.1 Å². The largest absolute Gasteiger partial charge is 0.398 e. The fourth-order valence-corrected chi connectivity index (χ4v) is 2.52. The third-order valence-electron chi connectivity index (χ3n) is 2.57. The summed E-state index contributed by atoms with van der Waals surface area (Å²) in [7, 11) is 0. The van der Waals surface area contributed by atoms with E-state index in [2.05, 4.69) is 5.32 Å². The first kappa shape index (κ1) is 13.5. The van der Waals surface area contributed by atoms with Crippen LogP contribution in [0, 0.1) is 0 Å². The van der Waals surface area contributed by atoms with Gasteiger partial charge in [-0.15, -0.1) is 11.8 Å². The second kappa shape index (κ2) is 5.84. The summed E-state index contributed by atoms with van der Waals surface area (Å²) < 4.78 is 41.9. The Hall–Kier alpha value is -0.880. The molecule has 1 aromatic carbocycles. The topological polar surface area (TPSA) is 21.3 Å². The molecule has 0 bridgehead atoms. The Labute approximate surface area is 108 Å². The highest BCUT2D eigenvalue weighted by Gasteiger charge is 2.27. The van der Waals surface area contributed by atoms with Gasteiger partial charge in [0.1, 0.15) is 0 Å². The molecule has 0 spiro atoms. The van der Waals surface area contributed by atoms with Gasteiger partial charge in [-0.3, -0.25) is 0 Å². The van der Waals surface area contributed by atoms with Crippen LogP contribution in [0.3, 0.4) is 0 Å². The van der Waals surface area contributed by atoms with E-state index in [4.69, 9.17) is 4.74 Å². The molecule has 1 fully saturated rings. The molecule has 1 aliphatic rings. The molecule has 0 aromatic heterocycles. The summed E-state index contributed by atoms with van der Waals surface area (Å²) in [5.41, 5.74) is 0.752. The van der Waals surface area contributed by atoms with Crippen LogP contribution in [0.25, 0.3) is 0 Å². The van der Waals surface area contributed by atoms with Crippen molar-refractivity contribution in [3.05, 3.63) is 24.3 Å². The average Bonchev–Trinajstić information content (AvgIpc) is 2.80. The van der Waals surface area contributed by atoms with Crippen LogP contribution in [0.15, 0.2) is 29.2 Å². The lowest BCUT2D eigenvalue weighted by Gasteiger charge is -2.16. The molecule has 100 valence electrons. The summed E-state index contributed by atoms with van der Waals surface area (Å²) in [4.78, 5) is 0.627. The number of anilines is 1. The van der Waals surface area contributed by atoms with Crippen LogP contribution in [-0.4, -0.2) is 31.2 Å². The van der Waals surface area contributed by atoms with Gasteiger partial charge in [-0.2, -0.15) is 13.2 Å². The molecule has 0 saturated carbocycles. The zero-order valence-corrected chi connectivity index (χ0v) is 10.5. The Morgan fingerprint density at radius 1 is 1.33 bits per heavy atom. The zero-order chi connectivity index (χ0) is 13.0. The molecule has 1 atom stereocenters. The molecule has 2 nitrogen and oxygen atoms in total. The van der Waals surface area contributed by atoms with Crippen molar-refractivity contribution in [1.29, 1.82) is 0 Å². The van der Waals surface area contributed by atoms with Crippen molar-refractivity contribution in [2.24, 2.45) is 0 Å². The van der Waals surface area contributed by atoms with E-state index in [1.165, 1.54) is 0 Å². The Morgan fingerprint density at radius 2 is 2.11 bits per heavy atom. The lowest BCUT2D eigenvalue weighted by Crippen LogP contribution is -2.19. The molecular weight excluding hydrogens is 263 g/mol. The minimum Gasteiger partial charge on any atom is -0.379 e. The van der Waals surface area contributed by atoms with Crippen LogP contribution < -0.4 is 5.32 Å². The maximum atomic E-state index is 12.2. The SMILES string of the molecule is FC(F)(F)CSc1ccccc1NC1CCOC1. The lowest BCUT2D eigenvalue weighted by atomic mass is 10.2. The van der Waals surface area contributed by atoms with Gasteiger partial charge >= 0.3 is 6.18 Å². The van der Waals surface area contributed by atoms with E-state index in [1.807, 2.05) is 6.07 Å². The maximum absolute atomic E-state index is 12.2. The Kier molecular flexibility index (Phi) is 4.40. The number of alkyl halides is 3. The molecule has 1 aliphatic heterocycles. The number of rotatable bonds is 4. The van der Waals surface area contributed by atoms with Gasteiger partial charge in [-0.05, 0) is 18.6 Å².